The van der Waals surface area contributed by atoms with Gasteiger partial charge in [-0.2, -0.15) is 0 Å². The molecule has 17 heavy (non-hydrogen) atoms. The zero-order valence-electron chi connectivity index (χ0n) is 9.52. The van der Waals surface area contributed by atoms with E-state index < -0.39 is 0 Å². The Morgan fingerprint density at radius 3 is 2.82 bits per heavy atom. The smallest absolute Gasteiger partial charge is 0.277 e. The summed E-state index contributed by atoms with van der Waals surface area (Å²) in [6.07, 6.45) is 0. The van der Waals surface area contributed by atoms with Crippen molar-refractivity contribution in [3.8, 4) is 0 Å². The summed E-state index contributed by atoms with van der Waals surface area (Å²) in [5.41, 5.74) is 9.34. The van der Waals surface area contributed by atoms with Crippen LogP contribution in [-0.2, 0) is 0 Å². The predicted octanol–water partition coefficient (Wildman–Crippen LogP) is 1.99. The van der Waals surface area contributed by atoms with Crippen LogP contribution in [0.2, 0.25) is 0 Å². The van der Waals surface area contributed by atoms with Gasteiger partial charge in [0, 0.05) is 16.8 Å². The van der Waals surface area contributed by atoms with Crippen molar-refractivity contribution in [3.05, 3.63) is 34.3 Å². The van der Waals surface area contributed by atoms with E-state index in [0.29, 0.717) is 11.4 Å². The lowest BCUT2D eigenvalue weighted by atomic mass is 10.1. The molecule has 0 saturated heterocycles. The van der Waals surface area contributed by atoms with Crippen molar-refractivity contribution in [2.24, 2.45) is 0 Å². The van der Waals surface area contributed by atoms with E-state index in [9.17, 15) is 4.79 Å². The highest BCUT2D eigenvalue weighted by Crippen LogP contribution is 2.25. The molecule has 0 saturated carbocycles. The number of nitrogen functional groups attached to an aromatic ring is 1. The molecular formula is C11H12N4OS. The highest BCUT2D eigenvalue weighted by Gasteiger charge is 2.13. The van der Waals surface area contributed by atoms with E-state index in [2.05, 4.69) is 14.9 Å². The van der Waals surface area contributed by atoms with Gasteiger partial charge in [0.25, 0.3) is 5.91 Å². The molecule has 0 spiro atoms. The number of nitrogens with two attached hydrogens (primary N) is 1. The standard InChI is InChI=1S/C11H12N4OS/c1-6-3-4-8(12)7(2)10(6)13-11(16)9-5-17-15-14-9/h3-5H,12H2,1-2H3,(H,13,16). The fourth-order valence-corrected chi connectivity index (χ4v) is 1.93. The minimum Gasteiger partial charge on any atom is -0.398 e. The van der Waals surface area contributed by atoms with Crippen LogP contribution in [0.5, 0.6) is 0 Å². The second-order valence-corrected chi connectivity index (χ2v) is 4.33. The average Bonchev–Trinajstić information content (AvgIpc) is 2.83. The number of rotatable bonds is 2. The number of carbonyl (C=O) groups is 1. The Hall–Kier alpha value is -1.95. The Morgan fingerprint density at radius 2 is 2.18 bits per heavy atom. The molecular weight excluding hydrogens is 236 g/mol. The van der Waals surface area contributed by atoms with E-state index >= 15 is 0 Å². The number of amides is 1. The Labute approximate surface area is 103 Å². The molecule has 1 heterocycles. The maximum absolute atomic E-state index is 11.8. The minimum absolute atomic E-state index is 0.268. The summed E-state index contributed by atoms with van der Waals surface area (Å²) in [6.45, 7) is 3.79. The molecule has 3 N–H and O–H groups in total. The van der Waals surface area contributed by atoms with Crippen molar-refractivity contribution in [2.75, 3.05) is 11.1 Å². The fourth-order valence-electron chi connectivity index (χ4n) is 1.50. The Balaban J connectivity index is 2.31. The minimum atomic E-state index is -0.268. The van der Waals surface area contributed by atoms with Gasteiger partial charge in [-0.05, 0) is 42.6 Å². The summed E-state index contributed by atoms with van der Waals surface area (Å²) < 4.78 is 3.65. The van der Waals surface area contributed by atoms with Crippen molar-refractivity contribution >= 4 is 28.8 Å². The SMILES string of the molecule is Cc1ccc(N)c(C)c1NC(=O)c1csnn1. The lowest BCUT2D eigenvalue weighted by Gasteiger charge is -2.12. The molecule has 2 rings (SSSR count). The van der Waals surface area contributed by atoms with Crippen molar-refractivity contribution in [1.82, 2.24) is 9.59 Å². The van der Waals surface area contributed by atoms with Gasteiger partial charge in [0.1, 0.15) is 0 Å². The van der Waals surface area contributed by atoms with Crippen molar-refractivity contribution in [1.29, 1.82) is 0 Å². The quantitative estimate of drug-likeness (QED) is 0.796. The molecule has 88 valence electrons. The van der Waals surface area contributed by atoms with Crippen LogP contribution in [0.15, 0.2) is 17.5 Å². The summed E-state index contributed by atoms with van der Waals surface area (Å²) in [5.74, 6) is -0.268. The highest BCUT2D eigenvalue weighted by atomic mass is 32.1. The summed E-state index contributed by atoms with van der Waals surface area (Å²) in [4.78, 5) is 11.8. The van der Waals surface area contributed by atoms with Gasteiger partial charge in [-0.15, -0.1) is 5.10 Å². The van der Waals surface area contributed by atoms with Crippen molar-refractivity contribution in [3.63, 3.8) is 0 Å². The van der Waals surface area contributed by atoms with E-state index in [1.165, 1.54) is 0 Å². The van der Waals surface area contributed by atoms with E-state index in [-0.39, 0.29) is 5.91 Å². The van der Waals surface area contributed by atoms with Crippen LogP contribution in [0.25, 0.3) is 0 Å². The fraction of sp³-hybridized carbons (Fsp3) is 0.182. The van der Waals surface area contributed by atoms with Gasteiger partial charge in [-0.3, -0.25) is 4.79 Å². The number of aryl methyl sites for hydroxylation is 1. The number of anilines is 2. The lowest BCUT2D eigenvalue weighted by molar-refractivity contribution is 0.102. The van der Waals surface area contributed by atoms with E-state index in [0.717, 1.165) is 28.3 Å². The first-order valence-corrected chi connectivity index (χ1v) is 5.87. The number of nitrogens with one attached hydrogen (secondary N) is 1. The summed E-state index contributed by atoms with van der Waals surface area (Å²) in [7, 11) is 0. The first kappa shape index (κ1) is 11.5. The lowest BCUT2D eigenvalue weighted by Crippen LogP contribution is -2.14. The van der Waals surface area contributed by atoms with Crippen LogP contribution in [0.4, 0.5) is 11.4 Å². The Bertz CT molecular complexity index is 551. The third kappa shape index (κ3) is 2.26. The van der Waals surface area contributed by atoms with Crippen molar-refractivity contribution < 1.29 is 4.79 Å². The highest BCUT2D eigenvalue weighted by molar-refractivity contribution is 7.03. The Morgan fingerprint density at radius 1 is 1.41 bits per heavy atom. The summed E-state index contributed by atoms with van der Waals surface area (Å²) >= 11 is 1.14. The Kier molecular flexibility index (Phi) is 3.06. The largest absolute Gasteiger partial charge is 0.398 e. The van der Waals surface area contributed by atoms with Gasteiger partial charge in [-0.25, -0.2) is 0 Å². The van der Waals surface area contributed by atoms with Gasteiger partial charge in [0.15, 0.2) is 5.69 Å². The number of carbonyl (C=O) groups excluding carboxylic acids is 1. The summed E-state index contributed by atoms with van der Waals surface area (Å²) in [5, 5.41) is 8.13. The zero-order valence-corrected chi connectivity index (χ0v) is 10.3. The van der Waals surface area contributed by atoms with Gasteiger partial charge in [-0.1, -0.05) is 10.6 Å². The molecule has 1 amide bonds. The molecule has 6 heteroatoms. The second kappa shape index (κ2) is 4.50. The number of aromatic nitrogens is 2. The predicted molar refractivity (Wildman–Crippen MR) is 68.2 cm³/mol. The maximum atomic E-state index is 11.8. The normalized spacial score (nSPS) is 10.2. The molecule has 0 fully saturated rings. The van der Waals surface area contributed by atoms with Crippen LogP contribution in [0.3, 0.4) is 0 Å². The number of benzene rings is 1. The van der Waals surface area contributed by atoms with Crippen LogP contribution < -0.4 is 11.1 Å². The number of hydrogen-bond acceptors (Lipinski definition) is 5. The molecule has 0 aliphatic rings. The van der Waals surface area contributed by atoms with E-state index in [4.69, 9.17) is 5.73 Å². The first-order valence-electron chi connectivity index (χ1n) is 5.03. The zero-order chi connectivity index (χ0) is 12.4. The summed E-state index contributed by atoms with van der Waals surface area (Å²) in [6, 6.07) is 3.70. The second-order valence-electron chi connectivity index (χ2n) is 3.72. The average molecular weight is 248 g/mol. The molecule has 1 aromatic carbocycles. The van der Waals surface area contributed by atoms with Gasteiger partial charge >= 0.3 is 0 Å². The van der Waals surface area contributed by atoms with Gasteiger partial charge < -0.3 is 11.1 Å². The van der Waals surface area contributed by atoms with Gasteiger partial charge in [0.05, 0.1) is 0 Å². The molecule has 5 nitrogen and oxygen atoms in total. The third-order valence-corrected chi connectivity index (χ3v) is 3.05. The van der Waals surface area contributed by atoms with Crippen molar-refractivity contribution in [2.45, 2.75) is 13.8 Å². The maximum Gasteiger partial charge on any atom is 0.277 e. The van der Waals surface area contributed by atoms with Crippen LogP contribution in [0.1, 0.15) is 21.6 Å². The van der Waals surface area contributed by atoms with Crippen LogP contribution in [0, 0.1) is 13.8 Å². The monoisotopic (exact) mass is 248 g/mol. The molecule has 0 aliphatic carbocycles. The van der Waals surface area contributed by atoms with E-state index in [1.54, 1.807) is 5.38 Å². The van der Waals surface area contributed by atoms with Gasteiger partial charge in [0.2, 0.25) is 0 Å². The molecule has 0 unspecified atom stereocenters. The first-order chi connectivity index (χ1) is 8.09. The number of nitrogens with zero attached hydrogens (tertiary/aromatic N) is 2. The number of hydrogen-bond donors (Lipinski definition) is 2. The third-order valence-electron chi connectivity index (χ3n) is 2.55. The molecule has 0 bridgehead atoms. The van der Waals surface area contributed by atoms with Crippen LogP contribution >= 0.6 is 11.5 Å². The molecule has 0 atom stereocenters. The molecule has 0 radical (unpaired) electrons. The molecule has 0 aliphatic heterocycles. The molecule has 1 aromatic heterocycles. The van der Waals surface area contributed by atoms with E-state index in [1.807, 2.05) is 26.0 Å². The topological polar surface area (TPSA) is 80.9 Å². The molecule has 2 aromatic rings. The van der Waals surface area contributed by atoms with Crippen LogP contribution in [-0.4, -0.2) is 15.5 Å².